The number of rotatable bonds is 2. The van der Waals surface area contributed by atoms with Gasteiger partial charge in [0.1, 0.15) is 12.1 Å². The van der Waals surface area contributed by atoms with Gasteiger partial charge in [0.05, 0.1) is 5.69 Å². The molecule has 0 fully saturated rings. The predicted molar refractivity (Wildman–Crippen MR) is 49.3 cm³/mol. The maximum atomic E-state index is 5.48. The zero-order valence-electron chi connectivity index (χ0n) is 7.09. The highest BCUT2D eigenvalue weighted by Gasteiger charge is 1.96. The average molecular weight is 174 g/mol. The third-order valence-corrected chi connectivity index (χ3v) is 1.77. The first kappa shape index (κ1) is 7.94. The number of nitrogens with zero attached hydrogens (tertiary/aromatic N) is 3. The van der Waals surface area contributed by atoms with Gasteiger partial charge in [0.2, 0.25) is 0 Å². The second-order valence-electron chi connectivity index (χ2n) is 2.66. The van der Waals surface area contributed by atoms with Crippen LogP contribution in [0.1, 0.15) is 5.69 Å². The summed E-state index contributed by atoms with van der Waals surface area (Å²) in [5, 5.41) is 0. The van der Waals surface area contributed by atoms with Crippen molar-refractivity contribution in [3.05, 3.63) is 42.6 Å². The highest BCUT2D eigenvalue weighted by molar-refractivity contribution is 5.24. The van der Waals surface area contributed by atoms with Gasteiger partial charge < -0.3 is 5.73 Å². The summed E-state index contributed by atoms with van der Waals surface area (Å²) in [5.74, 6) is 0.848. The molecule has 13 heavy (non-hydrogen) atoms. The van der Waals surface area contributed by atoms with Crippen molar-refractivity contribution < 1.29 is 0 Å². The molecule has 0 atom stereocenters. The lowest BCUT2D eigenvalue weighted by molar-refractivity contribution is 0.926. The molecule has 0 unspecified atom stereocenters. The molecule has 2 heterocycles. The van der Waals surface area contributed by atoms with Crippen LogP contribution in [-0.2, 0) is 6.54 Å². The number of nitrogens with two attached hydrogens (primary N) is 1. The van der Waals surface area contributed by atoms with Crippen LogP contribution in [-0.4, -0.2) is 14.5 Å². The fourth-order valence-corrected chi connectivity index (χ4v) is 1.12. The Labute approximate surface area is 76.1 Å². The van der Waals surface area contributed by atoms with E-state index in [1.165, 1.54) is 0 Å². The van der Waals surface area contributed by atoms with E-state index >= 15 is 0 Å². The number of hydrogen-bond donors (Lipinski definition) is 1. The van der Waals surface area contributed by atoms with Crippen LogP contribution in [0.15, 0.2) is 36.9 Å². The quantitative estimate of drug-likeness (QED) is 0.730. The number of imidazole rings is 1. The third kappa shape index (κ3) is 1.57. The van der Waals surface area contributed by atoms with Gasteiger partial charge in [-0.15, -0.1) is 0 Å². The first-order valence-electron chi connectivity index (χ1n) is 4.04. The number of pyridine rings is 1. The molecule has 66 valence electrons. The lowest BCUT2D eigenvalue weighted by Crippen LogP contribution is -2.02. The summed E-state index contributed by atoms with van der Waals surface area (Å²) >= 11 is 0. The summed E-state index contributed by atoms with van der Waals surface area (Å²) in [5.41, 5.74) is 6.37. The molecule has 0 aliphatic heterocycles. The highest BCUT2D eigenvalue weighted by Crippen LogP contribution is 2.04. The van der Waals surface area contributed by atoms with E-state index < -0.39 is 0 Å². The maximum absolute atomic E-state index is 5.48. The molecule has 2 rings (SSSR count). The molecule has 4 heteroatoms. The Morgan fingerprint density at radius 2 is 2.31 bits per heavy atom. The molecular formula is C9H10N4. The largest absolute Gasteiger partial charge is 0.325 e. The van der Waals surface area contributed by atoms with Crippen molar-refractivity contribution in [2.45, 2.75) is 6.54 Å². The van der Waals surface area contributed by atoms with Crippen LogP contribution in [0.25, 0.3) is 5.82 Å². The van der Waals surface area contributed by atoms with Crippen LogP contribution >= 0.6 is 0 Å². The highest BCUT2D eigenvalue weighted by atomic mass is 15.1. The molecule has 0 aliphatic rings. The standard InChI is InChI=1S/C9H10N4/c10-6-8-2-1-3-9(12-8)13-5-4-11-7-13/h1-5,7H,6,10H2. The first-order chi connectivity index (χ1) is 6.40. The molecule has 0 saturated heterocycles. The van der Waals surface area contributed by atoms with Crippen molar-refractivity contribution in [3.63, 3.8) is 0 Å². The summed E-state index contributed by atoms with van der Waals surface area (Å²) in [7, 11) is 0. The van der Waals surface area contributed by atoms with Gasteiger partial charge in [-0.3, -0.25) is 4.57 Å². The molecule has 2 aromatic heterocycles. The van der Waals surface area contributed by atoms with Gasteiger partial charge >= 0.3 is 0 Å². The SMILES string of the molecule is NCc1cccc(-n2ccnc2)n1. The van der Waals surface area contributed by atoms with Gasteiger partial charge in [-0.25, -0.2) is 9.97 Å². The second-order valence-corrected chi connectivity index (χ2v) is 2.66. The number of hydrogen-bond acceptors (Lipinski definition) is 3. The van der Waals surface area contributed by atoms with Crippen molar-refractivity contribution in [3.8, 4) is 5.82 Å². The Morgan fingerprint density at radius 3 is 3.00 bits per heavy atom. The maximum Gasteiger partial charge on any atom is 0.138 e. The Hall–Kier alpha value is -1.68. The van der Waals surface area contributed by atoms with E-state index in [4.69, 9.17) is 5.73 Å². The lowest BCUT2D eigenvalue weighted by atomic mass is 10.3. The van der Waals surface area contributed by atoms with Gasteiger partial charge in [0.15, 0.2) is 0 Å². The van der Waals surface area contributed by atoms with E-state index in [2.05, 4.69) is 9.97 Å². The molecule has 0 aromatic carbocycles. The smallest absolute Gasteiger partial charge is 0.138 e. The number of aromatic nitrogens is 3. The molecule has 2 N–H and O–H groups in total. The minimum absolute atomic E-state index is 0.461. The summed E-state index contributed by atoms with van der Waals surface area (Å²) in [4.78, 5) is 8.28. The normalized spacial score (nSPS) is 10.2. The summed E-state index contributed by atoms with van der Waals surface area (Å²) in [6.07, 6.45) is 5.28. The topological polar surface area (TPSA) is 56.7 Å². The molecule has 0 spiro atoms. The van der Waals surface area contributed by atoms with Gasteiger partial charge in [0, 0.05) is 18.9 Å². The zero-order valence-corrected chi connectivity index (χ0v) is 7.09. The minimum Gasteiger partial charge on any atom is -0.325 e. The summed E-state index contributed by atoms with van der Waals surface area (Å²) in [6, 6.07) is 5.76. The van der Waals surface area contributed by atoms with E-state index in [1.54, 1.807) is 12.5 Å². The Morgan fingerprint density at radius 1 is 1.38 bits per heavy atom. The predicted octanol–water partition coefficient (Wildman–Crippen LogP) is 0.726. The van der Waals surface area contributed by atoms with E-state index in [0.29, 0.717) is 6.54 Å². The van der Waals surface area contributed by atoms with E-state index in [-0.39, 0.29) is 0 Å². The summed E-state index contributed by atoms with van der Waals surface area (Å²) in [6.45, 7) is 0.461. The zero-order chi connectivity index (χ0) is 9.10. The minimum atomic E-state index is 0.461. The van der Waals surface area contributed by atoms with Crippen molar-refractivity contribution in [2.75, 3.05) is 0 Å². The molecule has 2 aromatic rings. The molecule has 4 nitrogen and oxygen atoms in total. The van der Waals surface area contributed by atoms with Crippen LogP contribution in [0, 0.1) is 0 Å². The van der Waals surface area contributed by atoms with Crippen LogP contribution in [0.2, 0.25) is 0 Å². The van der Waals surface area contributed by atoms with Crippen LogP contribution < -0.4 is 5.73 Å². The fourth-order valence-electron chi connectivity index (χ4n) is 1.12. The Balaban J connectivity index is 2.41. The average Bonchev–Trinajstić information content (AvgIpc) is 2.71. The first-order valence-corrected chi connectivity index (χ1v) is 4.04. The molecule has 0 aliphatic carbocycles. The van der Waals surface area contributed by atoms with E-state index in [9.17, 15) is 0 Å². The Bertz CT molecular complexity index is 380. The molecular weight excluding hydrogens is 164 g/mol. The van der Waals surface area contributed by atoms with Crippen molar-refractivity contribution in [1.82, 2.24) is 14.5 Å². The monoisotopic (exact) mass is 174 g/mol. The molecule has 0 amide bonds. The van der Waals surface area contributed by atoms with Crippen molar-refractivity contribution >= 4 is 0 Å². The van der Waals surface area contributed by atoms with Gasteiger partial charge in [-0.2, -0.15) is 0 Å². The van der Waals surface area contributed by atoms with Gasteiger partial charge in [-0.1, -0.05) is 6.07 Å². The van der Waals surface area contributed by atoms with E-state index in [0.717, 1.165) is 11.5 Å². The molecule has 0 saturated carbocycles. The third-order valence-electron chi connectivity index (χ3n) is 1.77. The Kier molecular flexibility index (Phi) is 2.06. The summed E-state index contributed by atoms with van der Waals surface area (Å²) < 4.78 is 1.85. The molecule has 0 radical (unpaired) electrons. The lowest BCUT2D eigenvalue weighted by Gasteiger charge is -2.02. The van der Waals surface area contributed by atoms with Crippen LogP contribution in [0.3, 0.4) is 0 Å². The van der Waals surface area contributed by atoms with Gasteiger partial charge in [-0.05, 0) is 12.1 Å². The molecule has 0 bridgehead atoms. The van der Waals surface area contributed by atoms with Crippen LogP contribution in [0.5, 0.6) is 0 Å². The fraction of sp³-hybridized carbons (Fsp3) is 0.111. The van der Waals surface area contributed by atoms with Crippen LogP contribution in [0.4, 0.5) is 0 Å². The second kappa shape index (κ2) is 3.37. The van der Waals surface area contributed by atoms with Crippen molar-refractivity contribution in [1.29, 1.82) is 0 Å². The van der Waals surface area contributed by atoms with Gasteiger partial charge in [0.25, 0.3) is 0 Å². The van der Waals surface area contributed by atoms with Crippen molar-refractivity contribution in [2.24, 2.45) is 5.73 Å². The van der Waals surface area contributed by atoms with E-state index in [1.807, 2.05) is 29.0 Å².